The minimum absolute atomic E-state index is 0.669. The molecule has 3 nitrogen and oxygen atoms in total. The van der Waals surface area contributed by atoms with Crippen LogP contribution in [-0.2, 0) is 0 Å². The largest absolute Gasteiger partial charge is 0.313 e. The Balaban J connectivity index is 1.86. The second-order valence-electron chi connectivity index (χ2n) is 5.13. The summed E-state index contributed by atoms with van der Waals surface area (Å²) >= 11 is 0. The highest BCUT2D eigenvalue weighted by Crippen LogP contribution is 2.35. The fraction of sp³-hybridized carbons (Fsp3) is 0.909. The second-order valence-corrected chi connectivity index (χ2v) is 5.13. The molecule has 0 aromatic carbocycles. The maximum absolute atomic E-state index is 8.89. The van der Waals surface area contributed by atoms with E-state index in [1.54, 1.807) is 0 Å². The maximum Gasteiger partial charge on any atom is 0.114 e. The molecule has 0 aliphatic heterocycles. The van der Waals surface area contributed by atoms with Crippen LogP contribution >= 0.6 is 0 Å². The first kappa shape index (κ1) is 9.95. The molecule has 2 rings (SSSR count). The average Bonchev–Trinajstić information content (AvgIpc) is 2.97. The van der Waals surface area contributed by atoms with Crippen LogP contribution in [0.3, 0.4) is 0 Å². The minimum Gasteiger partial charge on any atom is -0.313 e. The van der Waals surface area contributed by atoms with Gasteiger partial charge in [0.2, 0.25) is 0 Å². The topological polar surface area (TPSA) is 53.1 Å². The van der Waals surface area contributed by atoms with Crippen molar-refractivity contribution >= 4 is 0 Å². The highest BCUT2D eigenvalue weighted by Gasteiger charge is 2.36. The summed E-state index contributed by atoms with van der Waals surface area (Å²) in [4.78, 5) is 2.43. The lowest BCUT2D eigenvalue weighted by Crippen LogP contribution is -2.48. The highest BCUT2D eigenvalue weighted by atomic mass is 15.2. The Bertz CT molecular complexity index is 246. The van der Waals surface area contributed by atoms with Gasteiger partial charge in [-0.3, -0.25) is 4.90 Å². The van der Waals surface area contributed by atoms with Gasteiger partial charge in [-0.05, 0) is 38.5 Å². The lowest BCUT2D eigenvalue weighted by molar-refractivity contribution is 0.222. The fourth-order valence-corrected chi connectivity index (χ4v) is 1.87. The van der Waals surface area contributed by atoms with E-state index in [0.29, 0.717) is 0 Å². The molecule has 1 atom stereocenters. The van der Waals surface area contributed by atoms with E-state index >= 15 is 0 Å². The predicted octanol–water partition coefficient (Wildman–Crippen LogP) is 1.10. The molecule has 0 bridgehead atoms. The molecule has 1 unspecified atom stereocenters. The first-order valence-corrected chi connectivity index (χ1v) is 5.55. The number of nitrogens with zero attached hydrogens (tertiary/aromatic N) is 2. The number of hydrogen-bond acceptors (Lipinski definition) is 3. The number of nitriles is 1. The van der Waals surface area contributed by atoms with Crippen LogP contribution < -0.4 is 5.73 Å². The summed E-state index contributed by atoms with van der Waals surface area (Å²) < 4.78 is 0. The standard InChI is InChI=1S/C11H19N3/c1-11(13,7-12)8-14(10-4-5-10)6-9-2-3-9/h9-10H,2-6,8,13H2,1H3. The number of hydrogen-bond donors (Lipinski definition) is 1. The van der Waals surface area contributed by atoms with E-state index in [1.165, 1.54) is 32.2 Å². The molecule has 78 valence electrons. The SMILES string of the molecule is CC(N)(C#N)CN(CC1CC1)C1CC1. The molecular formula is C11H19N3. The number of rotatable bonds is 5. The van der Waals surface area contributed by atoms with Crippen molar-refractivity contribution in [2.75, 3.05) is 13.1 Å². The summed E-state index contributed by atoms with van der Waals surface area (Å²) in [5, 5.41) is 8.89. The van der Waals surface area contributed by atoms with Crippen LogP contribution in [0.4, 0.5) is 0 Å². The van der Waals surface area contributed by atoms with Crippen molar-refractivity contribution in [2.45, 2.75) is 44.2 Å². The second kappa shape index (κ2) is 3.52. The molecule has 3 heteroatoms. The third kappa shape index (κ3) is 2.70. The van der Waals surface area contributed by atoms with E-state index in [9.17, 15) is 0 Å². The Kier molecular flexibility index (Phi) is 2.50. The highest BCUT2D eigenvalue weighted by molar-refractivity contribution is 5.05. The summed E-state index contributed by atoms with van der Waals surface area (Å²) in [6.07, 6.45) is 5.34. The van der Waals surface area contributed by atoms with Crippen molar-refractivity contribution < 1.29 is 0 Å². The van der Waals surface area contributed by atoms with Crippen LogP contribution in [0, 0.1) is 17.2 Å². The summed E-state index contributed by atoms with van der Waals surface area (Å²) in [6, 6.07) is 2.91. The van der Waals surface area contributed by atoms with Gasteiger partial charge in [-0.2, -0.15) is 5.26 Å². The molecule has 0 aromatic heterocycles. The fourth-order valence-electron chi connectivity index (χ4n) is 1.87. The minimum atomic E-state index is -0.669. The molecule has 0 heterocycles. The Morgan fingerprint density at radius 2 is 2.07 bits per heavy atom. The van der Waals surface area contributed by atoms with Gasteiger partial charge in [0.1, 0.15) is 5.54 Å². The van der Waals surface area contributed by atoms with Gasteiger partial charge >= 0.3 is 0 Å². The molecule has 0 aromatic rings. The molecule has 2 N–H and O–H groups in total. The van der Waals surface area contributed by atoms with E-state index in [1.807, 2.05) is 6.92 Å². The van der Waals surface area contributed by atoms with Gasteiger partial charge < -0.3 is 5.73 Å². The van der Waals surface area contributed by atoms with Gasteiger partial charge in [-0.25, -0.2) is 0 Å². The average molecular weight is 193 g/mol. The molecule has 2 fully saturated rings. The van der Waals surface area contributed by atoms with Crippen LogP contribution in [-0.4, -0.2) is 29.6 Å². The zero-order valence-corrected chi connectivity index (χ0v) is 8.87. The van der Waals surface area contributed by atoms with Gasteiger partial charge in [0, 0.05) is 19.1 Å². The van der Waals surface area contributed by atoms with E-state index in [2.05, 4.69) is 11.0 Å². The van der Waals surface area contributed by atoms with Crippen molar-refractivity contribution in [3.05, 3.63) is 0 Å². The monoisotopic (exact) mass is 193 g/mol. The van der Waals surface area contributed by atoms with E-state index in [0.717, 1.165) is 18.5 Å². The summed E-state index contributed by atoms with van der Waals surface area (Å²) in [6.45, 7) is 3.74. The summed E-state index contributed by atoms with van der Waals surface area (Å²) in [5.74, 6) is 0.894. The molecular weight excluding hydrogens is 174 g/mol. The third-order valence-corrected chi connectivity index (χ3v) is 3.04. The van der Waals surface area contributed by atoms with Crippen LogP contribution in [0.2, 0.25) is 0 Å². The third-order valence-electron chi connectivity index (χ3n) is 3.04. The molecule has 2 aliphatic carbocycles. The Morgan fingerprint density at radius 1 is 1.43 bits per heavy atom. The molecule has 0 saturated heterocycles. The summed E-state index contributed by atoms with van der Waals surface area (Å²) in [7, 11) is 0. The molecule has 0 spiro atoms. The van der Waals surface area contributed by atoms with Crippen LogP contribution in [0.5, 0.6) is 0 Å². The Labute approximate surface area is 85.9 Å². The van der Waals surface area contributed by atoms with Gasteiger partial charge in [0.25, 0.3) is 0 Å². The quantitative estimate of drug-likeness (QED) is 0.711. The zero-order chi connectivity index (χ0) is 10.2. The van der Waals surface area contributed by atoms with Crippen molar-refractivity contribution in [3.63, 3.8) is 0 Å². The normalized spacial score (nSPS) is 25.9. The zero-order valence-electron chi connectivity index (χ0n) is 8.87. The van der Waals surface area contributed by atoms with Crippen LogP contribution in [0.15, 0.2) is 0 Å². The van der Waals surface area contributed by atoms with Crippen molar-refractivity contribution in [2.24, 2.45) is 11.7 Å². The smallest absolute Gasteiger partial charge is 0.114 e. The summed E-state index contributed by atoms with van der Waals surface area (Å²) in [5.41, 5.74) is 5.21. The lowest BCUT2D eigenvalue weighted by Gasteiger charge is -2.27. The van der Waals surface area contributed by atoms with Crippen LogP contribution in [0.1, 0.15) is 32.6 Å². The van der Waals surface area contributed by atoms with Crippen molar-refractivity contribution in [1.82, 2.24) is 4.90 Å². The van der Waals surface area contributed by atoms with E-state index < -0.39 is 5.54 Å². The van der Waals surface area contributed by atoms with Crippen molar-refractivity contribution in [1.29, 1.82) is 5.26 Å². The maximum atomic E-state index is 8.89. The van der Waals surface area contributed by atoms with Gasteiger partial charge in [-0.1, -0.05) is 0 Å². The van der Waals surface area contributed by atoms with Crippen molar-refractivity contribution in [3.8, 4) is 6.07 Å². The van der Waals surface area contributed by atoms with Crippen LogP contribution in [0.25, 0.3) is 0 Å². The Hall–Kier alpha value is -0.590. The molecule has 0 radical (unpaired) electrons. The van der Waals surface area contributed by atoms with E-state index in [4.69, 9.17) is 11.0 Å². The first-order chi connectivity index (χ1) is 6.61. The van der Waals surface area contributed by atoms with E-state index in [-0.39, 0.29) is 0 Å². The van der Waals surface area contributed by atoms with Gasteiger partial charge in [-0.15, -0.1) is 0 Å². The lowest BCUT2D eigenvalue weighted by atomic mass is 10.1. The molecule has 0 amide bonds. The molecule has 14 heavy (non-hydrogen) atoms. The molecule has 2 saturated carbocycles. The number of nitrogens with two attached hydrogens (primary N) is 1. The van der Waals surface area contributed by atoms with Gasteiger partial charge in [0.05, 0.1) is 6.07 Å². The first-order valence-electron chi connectivity index (χ1n) is 5.55. The predicted molar refractivity (Wildman–Crippen MR) is 55.5 cm³/mol. The van der Waals surface area contributed by atoms with Gasteiger partial charge in [0.15, 0.2) is 0 Å². The Morgan fingerprint density at radius 3 is 2.50 bits per heavy atom. The molecule has 2 aliphatic rings.